The maximum absolute atomic E-state index is 12.3. The maximum Gasteiger partial charge on any atom is 0.230 e. The summed E-state index contributed by atoms with van der Waals surface area (Å²) in [7, 11) is 0. The van der Waals surface area contributed by atoms with Crippen molar-refractivity contribution in [3.8, 4) is 5.75 Å². The van der Waals surface area contributed by atoms with Crippen LogP contribution >= 0.6 is 11.8 Å². The average Bonchev–Trinajstić information content (AvgIpc) is 2.78. The quantitative estimate of drug-likeness (QED) is 0.897. The van der Waals surface area contributed by atoms with Gasteiger partial charge >= 0.3 is 0 Å². The Morgan fingerprint density at radius 3 is 2.96 bits per heavy atom. The van der Waals surface area contributed by atoms with E-state index in [2.05, 4.69) is 11.4 Å². The topological polar surface area (TPSA) is 47.6 Å². The zero-order valence-corrected chi connectivity index (χ0v) is 14.3. The molecule has 2 aliphatic rings. The fraction of sp³-hybridized carbons (Fsp3) is 0.611. The lowest BCUT2D eigenvalue weighted by Gasteiger charge is -2.22. The number of amides is 1. The third-order valence-electron chi connectivity index (χ3n) is 4.34. The number of nitrogens with one attached hydrogen (secondary N) is 1. The Kier molecular flexibility index (Phi) is 6.22. The van der Waals surface area contributed by atoms with Crippen LogP contribution in [0.2, 0.25) is 0 Å². The van der Waals surface area contributed by atoms with E-state index in [0.29, 0.717) is 11.9 Å². The summed E-state index contributed by atoms with van der Waals surface area (Å²) in [4.78, 5) is 12.3. The van der Waals surface area contributed by atoms with E-state index in [0.717, 1.165) is 49.5 Å². The first kappa shape index (κ1) is 16.7. The predicted molar refractivity (Wildman–Crippen MR) is 93.0 cm³/mol. The number of carbonyl (C=O) groups is 1. The van der Waals surface area contributed by atoms with Crippen LogP contribution in [0.3, 0.4) is 0 Å². The van der Waals surface area contributed by atoms with Gasteiger partial charge in [0.05, 0.1) is 24.5 Å². The van der Waals surface area contributed by atoms with Gasteiger partial charge in [0.1, 0.15) is 5.75 Å². The van der Waals surface area contributed by atoms with Crippen LogP contribution in [-0.4, -0.2) is 36.7 Å². The Morgan fingerprint density at radius 2 is 2.09 bits per heavy atom. The molecule has 0 radical (unpaired) electrons. The van der Waals surface area contributed by atoms with Gasteiger partial charge < -0.3 is 14.8 Å². The molecule has 0 spiro atoms. The van der Waals surface area contributed by atoms with E-state index in [9.17, 15) is 4.79 Å². The zero-order valence-electron chi connectivity index (χ0n) is 13.5. The van der Waals surface area contributed by atoms with Crippen molar-refractivity contribution in [1.29, 1.82) is 0 Å². The monoisotopic (exact) mass is 335 g/mol. The number of ether oxygens (including phenoxy) is 2. The SMILES string of the molecule is O=C(CSC[C@@H]1CCCCO1)N[C@H]1CCCOc2ccccc21. The third kappa shape index (κ3) is 4.88. The Morgan fingerprint density at radius 1 is 1.17 bits per heavy atom. The van der Waals surface area contributed by atoms with Gasteiger partial charge in [0.15, 0.2) is 0 Å². The molecule has 1 amide bonds. The summed E-state index contributed by atoms with van der Waals surface area (Å²) >= 11 is 1.67. The number of hydrogen-bond acceptors (Lipinski definition) is 4. The molecule has 126 valence electrons. The molecule has 1 fully saturated rings. The van der Waals surface area contributed by atoms with Crippen LogP contribution in [0.25, 0.3) is 0 Å². The lowest BCUT2D eigenvalue weighted by molar-refractivity contribution is -0.119. The van der Waals surface area contributed by atoms with Gasteiger partial charge in [0, 0.05) is 17.9 Å². The number of rotatable bonds is 5. The van der Waals surface area contributed by atoms with Crippen molar-refractivity contribution in [3.63, 3.8) is 0 Å². The molecule has 0 aromatic heterocycles. The molecule has 0 bridgehead atoms. The normalized spacial score (nSPS) is 24.2. The van der Waals surface area contributed by atoms with Crippen molar-refractivity contribution in [1.82, 2.24) is 5.32 Å². The van der Waals surface area contributed by atoms with Gasteiger partial charge in [-0.2, -0.15) is 0 Å². The molecule has 5 heteroatoms. The molecular formula is C18H25NO3S. The molecule has 4 nitrogen and oxygen atoms in total. The van der Waals surface area contributed by atoms with Crippen molar-refractivity contribution < 1.29 is 14.3 Å². The van der Waals surface area contributed by atoms with Crippen molar-refractivity contribution in [2.24, 2.45) is 0 Å². The number of para-hydroxylation sites is 1. The molecule has 0 saturated carbocycles. The van der Waals surface area contributed by atoms with E-state index < -0.39 is 0 Å². The first-order valence-corrected chi connectivity index (χ1v) is 9.69. The van der Waals surface area contributed by atoms with Gasteiger partial charge in [-0.05, 0) is 38.2 Å². The van der Waals surface area contributed by atoms with Crippen LogP contribution in [0.5, 0.6) is 5.75 Å². The van der Waals surface area contributed by atoms with Gasteiger partial charge in [0.2, 0.25) is 5.91 Å². The summed E-state index contributed by atoms with van der Waals surface area (Å²) in [6.45, 7) is 1.59. The molecule has 1 saturated heterocycles. The number of fused-ring (bicyclic) bond motifs is 1. The average molecular weight is 335 g/mol. The lowest BCUT2D eigenvalue weighted by Crippen LogP contribution is -2.30. The van der Waals surface area contributed by atoms with Crippen molar-refractivity contribution in [2.45, 2.75) is 44.2 Å². The molecule has 1 N–H and O–H groups in total. The largest absolute Gasteiger partial charge is 0.493 e. The van der Waals surface area contributed by atoms with Gasteiger partial charge in [-0.25, -0.2) is 0 Å². The molecule has 0 aliphatic carbocycles. The predicted octanol–water partition coefficient (Wildman–Crippen LogP) is 3.32. The molecule has 2 heterocycles. The van der Waals surface area contributed by atoms with E-state index in [1.165, 1.54) is 12.8 Å². The molecule has 0 unspecified atom stereocenters. The second kappa shape index (κ2) is 8.60. The summed E-state index contributed by atoms with van der Waals surface area (Å²) in [6.07, 6.45) is 5.76. The smallest absolute Gasteiger partial charge is 0.230 e. The minimum absolute atomic E-state index is 0.0627. The number of hydrogen-bond donors (Lipinski definition) is 1. The molecule has 3 rings (SSSR count). The summed E-state index contributed by atoms with van der Waals surface area (Å²) in [5, 5.41) is 3.17. The Bertz CT molecular complexity index is 517. The second-order valence-electron chi connectivity index (χ2n) is 6.15. The minimum Gasteiger partial charge on any atom is -0.493 e. The maximum atomic E-state index is 12.3. The molecule has 2 aliphatic heterocycles. The van der Waals surface area contributed by atoms with Crippen LogP contribution in [0.1, 0.15) is 43.7 Å². The Hall–Kier alpha value is -1.20. The van der Waals surface area contributed by atoms with E-state index in [-0.39, 0.29) is 11.9 Å². The van der Waals surface area contributed by atoms with Crippen molar-refractivity contribution >= 4 is 17.7 Å². The van der Waals surface area contributed by atoms with Crippen molar-refractivity contribution in [2.75, 3.05) is 24.7 Å². The summed E-state index contributed by atoms with van der Waals surface area (Å²) in [5.41, 5.74) is 1.10. The highest BCUT2D eigenvalue weighted by Crippen LogP contribution is 2.31. The van der Waals surface area contributed by atoms with Crippen LogP contribution in [0, 0.1) is 0 Å². The fourth-order valence-electron chi connectivity index (χ4n) is 3.13. The van der Waals surface area contributed by atoms with Crippen molar-refractivity contribution in [3.05, 3.63) is 29.8 Å². The summed E-state index contributed by atoms with van der Waals surface area (Å²) in [6, 6.07) is 8.07. The van der Waals surface area contributed by atoms with Gasteiger partial charge in [-0.15, -0.1) is 11.8 Å². The van der Waals surface area contributed by atoms with E-state index in [1.807, 2.05) is 18.2 Å². The van der Waals surface area contributed by atoms with Crippen LogP contribution in [0.15, 0.2) is 24.3 Å². The van der Waals surface area contributed by atoms with Crippen LogP contribution in [0.4, 0.5) is 0 Å². The lowest BCUT2D eigenvalue weighted by atomic mass is 10.0. The number of benzene rings is 1. The molecule has 23 heavy (non-hydrogen) atoms. The third-order valence-corrected chi connectivity index (χ3v) is 5.41. The Balaban J connectivity index is 1.47. The first-order valence-electron chi connectivity index (χ1n) is 8.53. The van der Waals surface area contributed by atoms with Gasteiger partial charge in [-0.1, -0.05) is 18.2 Å². The molecule has 2 atom stereocenters. The van der Waals surface area contributed by atoms with Gasteiger partial charge in [-0.3, -0.25) is 4.79 Å². The molecule has 1 aromatic rings. The van der Waals surface area contributed by atoms with Crippen LogP contribution in [-0.2, 0) is 9.53 Å². The zero-order chi connectivity index (χ0) is 15.9. The highest BCUT2D eigenvalue weighted by molar-refractivity contribution is 7.99. The van der Waals surface area contributed by atoms with E-state index in [4.69, 9.17) is 9.47 Å². The minimum atomic E-state index is 0.0627. The fourth-order valence-corrected chi connectivity index (χ4v) is 4.05. The Labute approximate surface area is 142 Å². The van der Waals surface area contributed by atoms with Gasteiger partial charge in [0.25, 0.3) is 0 Å². The standard InChI is InChI=1S/C18H25NO3S/c20-18(13-23-12-14-6-3-4-10-21-14)19-16-8-5-11-22-17-9-2-1-7-15(16)17/h1-2,7,9,14,16H,3-6,8,10-13H2,(H,19,20)/t14-,16-/m0/s1. The highest BCUT2D eigenvalue weighted by Gasteiger charge is 2.21. The highest BCUT2D eigenvalue weighted by atomic mass is 32.2. The second-order valence-corrected chi connectivity index (χ2v) is 7.18. The molecular weight excluding hydrogens is 310 g/mol. The summed E-state index contributed by atoms with van der Waals surface area (Å²) in [5.74, 6) is 2.42. The number of thioether (sulfide) groups is 1. The number of carbonyl (C=O) groups excluding carboxylic acids is 1. The summed E-state index contributed by atoms with van der Waals surface area (Å²) < 4.78 is 11.5. The van der Waals surface area contributed by atoms with E-state index >= 15 is 0 Å². The molecule has 1 aromatic carbocycles. The van der Waals surface area contributed by atoms with E-state index in [1.54, 1.807) is 11.8 Å². The van der Waals surface area contributed by atoms with Crippen LogP contribution < -0.4 is 10.1 Å². The first-order chi connectivity index (χ1) is 11.3.